The van der Waals surface area contributed by atoms with Gasteiger partial charge in [-0.05, 0) is 54.4 Å². The van der Waals surface area contributed by atoms with Gasteiger partial charge in [0.05, 0.1) is 27.9 Å². The van der Waals surface area contributed by atoms with E-state index in [0.29, 0.717) is 39.1 Å². The van der Waals surface area contributed by atoms with Crippen molar-refractivity contribution in [3.8, 4) is 11.1 Å². The molecule has 0 radical (unpaired) electrons. The molecule has 0 fully saturated rings. The van der Waals surface area contributed by atoms with Gasteiger partial charge in [-0.25, -0.2) is 4.90 Å². The fourth-order valence-corrected chi connectivity index (χ4v) is 3.89. The van der Waals surface area contributed by atoms with Gasteiger partial charge in [0, 0.05) is 7.05 Å². The van der Waals surface area contributed by atoms with Gasteiger partial charge in [-0.15, -0.1) is 0 Å². The Morgan fingerprint density at radius 3 is 1.63 bits per heavy atom. The molecule has 0 N–H and O–H groups in total. The number of aryl methyl sites for hydroxylation is 1. The van der Waals surface area contributed by atoms with Gasteiger partial charge in [-0.1, -0.05) is 29.8 Å². The van der Waals surface area contributed by atoms with Crippen LogP contribution in [0.25, 0.3) is 11.1 Å². The topological polar surface area (TPSA) is 74.8 Å². The van der Waals surface area contributed by atoms with Crippen LogP contribution >= 0.6 is 0 Å². The summed E-state index contributed by atoms with van der Waals surface area (Å²) >= 11 is 0. The maximum absolute atomic E-state index is 13.0. The van der Waals surface area contributed by atoms with E-state index in [4.69, 9.17) is 0 Å². The zero-order valence-corrected chi connectivity index (χ0v) is 16.3. The number of amides is 4. The van der Waals surface area contributed by atoms with Crippen LogP contribution in [0.3, 0.4) is 0 Å². The molecule has 6 nitrogen and oxygen atoms in total. The summed E-state index contributed by atoms with van der Waals surface area (Å²) in [6.07, 6.45) is 0. The van der Waals surface area contributed by atoms with Crippen molar-refractivity contribution in [2.24, 2.45) is 0 Å². The maximum Gasteiger partial charge on any atom is 0.266 e. The molecule has 6 heteroatoms. The van der Waals surface area contributed by atoms with E-state index in [0.717, 1.165) is 10.5 Å². The molecule has 3 aromatic rings. The Bertz CT molecular complexity index is 1290. The fourth-order valence-electron chi connectivity index (χ4n) is 3.89. The molecule has 30 heavy (non-hydrogen) atoms. The number of hydrogen-bond donors (Lipinski definition) is 0. The molecule has 0 unspecified atom stereocenters. The summed E-state index contributed by atoms with van der Waals surface area (Å²) in [6, 6.07) is 17.2. The highest BCUT2D eigenvalue weighted by Crippen LogP contribution is 2.33. The molecule has 0 aromatic heterocycles. The zero-order chi connectivity index (χ0) is 21.2. The molecule has 0 atom stereocenters. The molecule has 2 aliphatic heterocycles. The minimum absolute atomic E-state index is 0.318. The first kappa shape index (κ1) is 18.0. The van der Waals surface area contributed by atoms with Crippen LogP contribution in [0.15, 0.2) is 60.7 Å². The predicted octanol–water partition coefficient (Wildman–Crippen LogP) is 3.69. The highest BCUT2D eigenvalue weighted by molar-refractivity contribution is 6.34. The molecule has 4 amide bonds. The third-order valence-corrected chi connectivity index (χ3v) is 5.60. The van der Waals surface area contributed by atoms with Crippen LogP contribution in [0, 0.1) is 6.92 Å². The lowest BCUT2D eigenvalue weighted by atomic mass is 9.97. The largest absolute Gasteiger partial charge is 0.277 e. The smallest absolute Gasteiger partial charge is 0.266 e. The van der Waals surface area contributed by atoms with Gasteiger partial charge >= 0.3 is 0 Å². The monoisotopic (exact) mass is 396 g/mol. The molecular weight excluding hydrogens is 380 g/mol. The molecule has 0 saturated heterocycles. The lowest BCUT2D eigenvalue weighted by Crippen LogP contribution is -2.29. The van der Waals surface area contributed by atoms with Gasteiger partial charge < -0.3 is 0 Å². The number of rotatable bonds is 2. The highest BCUT2D eigenvalue weighted by atomic mass is 16.2. The summed E-state index contributed by atoms with van der Waals surface area (Å²) in [5.74, 6) is -1.42. The molecule has 146 valence electrons. The van der Waals surface area contributed by atoms with E-state index in [-0.39, 0.29) is 23.6 Å². The summed E-state index contributed by atoms with van der Waals surface area (Å²) < 4.78 is 0. The lowest BCUT2D eigenvalue weighted by molar-refractivity contribution is 0.0692. The SMILES string of the molecule is Cc1ccc(N2C(=O)c3ccc(-c4ccc5c(c4)C(=O)N(C)C5=O)cc3C2=O)cc1. The normalized spacial score (nSPS) is 15.1. The number of imide groups is 2. The van der Waals surface area contributed by atoms with Crippen molar-refractivity contribution in [1.82, 2.24) is 4.90 Å². The van der Waals surface area contributed by atoms with E-state index in [2.05, 4.69) is 0 Å². The molecule has 2 heterocycles. The van der Waals surface area contributed by atoms with Crippen molar-refractivity contribution < 1.29 is 19.2 Å². The zero-order valence-electron chi connectivity index (χ0n) is 16.3. The summed E-state index contributed by atoms with van der Waals surface area (Å²) in [5, 5.41) is 0. The van der Waals surface area contributed by atoms with Crippen molar-refractivity contribution in [2.75, 3.05) is 11.9 Å². The number of carbonyl (C=O) groups is 4. The van der Waals surface area contributed by atoms with E-state index in [1.165, 1.54) is 11.9 Å². The average Bonchev–Trinajstić information content (AvgIpc) is 3.13. The van der Waals surface area contributed by atoms with Crippen LogP contribution in [-0.2, 0) is 0 Å². The number of carbonyl (C=O) groups excluding carboxylic acids is 4. The van der Waals surface area contributed by atoms with Gasteiger partial charge in [-0.2, -0.15) is 0 Å². The predicted molar refractivity (Wildman–Crippen MR) is 111 cm³/mol. The second-order valence-corrected chi connectivity index (χ2v) is 7.47. The Morgan fingerprint density at radius 2 is 1.03 bits per heavy atom. The number of hydrogen-bond acceptors (Lipinski definition) is 4. The van der Waals surface area contributed by atoms with Crippen molar-refractivity contribution in [3.63, 3.8) is 0 Å². The van der Waals surface area contributed by atoms with Crippen LogP contribution < -0.4 is 4.90 Å². The molecule has 0 saturated carbocycles. The Labute approximate surface area is 172 Å². The minimum atomic E-state index is -0.382. The number of nitrogens with zero attached hydrogens (tertiary/aromatic N) is 2. The quantitative estimate of drug-likeness (QED) is 0.619. The molecule has 0 aliphatic carbocycles. The average molecular weight is 396 g/mol. The van der Waals surface area contributed by atoms with E-state index in [9.17, 15) is 19.2 Å². The minimum Gasteiger partial charge on any atom is -0.277 e. The molecule has 0 spiro atoms. The van der Waals surface area contributed by atoms with Crippen LogP contribution in [0.4, 0.5) is 5.69 Å². The van der Waals surface area contributed by atoms with Crippen molar-refractivity contribution in [3.05, 3.63) is 88.5 Å². The van der Waals surface area contributed by atoms with E-state index in [1.807, 2.05) is 19.1 Å². The van der Waals surface area contributed by atoms with E-state index >= 15 is 0 Å². The Balaban J connectivity index is 1.55. The van der Waals surface area contributed by atoms with Crippen LogP contribution in [0.5, 0.6) is 0 Å². The van der Waals surface area contributed by atoms with Crippen LogP contribution in [-0.4, -0.2) is 35.6 Å². The number of fused-ring (bicyclic) bond motifs is 2. The van der Waals surface area contributed by atoms with Crippen LogP contribution in [0.1, 0.15) is 47.0 Å². The van der Waals surface area contributed by atoms with Gasteiger partial charge in [-0.3, -0.25) is 24.1 Å². The second-order valence-electron chi connectivity index (χ2n) is 7.47. The van der Waals surface area contributed by atoms with Crippen molar-refractivity contribution in [1.29, 1.82) is 0 Å². The number of benzene rings is 3. The standard InChI is InChI=1S/C24H16N2O4/c1-13-3-7-16(8-4-13)26-23(29)18-10-6-15(12-20(18)24(26)30)14-5-9-17-19(11-14)22(28)25(2)21(17)27/h3-12H,1-2H3. The summed E-state index contributed by atoms with van der Waals surface area (Å²) in [6.45, 7) is 1.94. The second kappa shape index (κ2) is 6.22. The molecular formula is C24H16N2O4. The molecule has 0 bridgehead atoms. The van der Waals surface area contributed by atoms with Gasteiger partial charge in [0.2, 0.25) is 0 Å². The van der Waals surface area contributed by atoms with E-state index < -0.39 is 0 Å². The third kappa shape index (κ3) is 2.43. The maximum atomic E-state index is 13.0. The lowest BCUT2D eigenvalue weighted by Gasteiger charge is -2.13. The first-order valence-corrected chi connectivity index (χ1v) is 9.43. The van der Waals surface area contributed by atoms with Gasteiger partial charge in [0.15, 0.2) is 0 Å². The molecule has 5 rings (SSSR count). The Kier molecular flexibility index (Phi) is 3.73. The highest BCUT2D eigenvalue weighted by Gasteiger charge is 2.37. The van der Waals surface area contributed by atoms with Gasteiger partial charge in [0.25, 0.3) is 23.6 Å². The summed E-state index contributed by atoms with van der Waals surface area (Å²) in [5.41, 5.74) is 4.31. The van der Waals surface area contributed by atoms with Gasteiger partial charge in [0.1, 0.15) is 0 Å². The Morgan fingerprint density at radius 1 is 0.567 bits per heavy atom. The number of anilines is 1. The Hall–Kier alpha value is -4.06. The molecule has 3 aromatic carbocycles. The van der Waals surface area contributed by atoms with Crippen molar-refractivity contribution >= 4 is 29.3 Å². The van der Waals surface area contributed by atoms with Crippen molar-refractivity contribution in [2.45, 2.75) is 6.92 Å². The van der Waals surface area contributed by atoms with E-state index in [1.54, 1.807) is 48.5 Å². The molecule has 2 aliphatic rings. The van der Waals surface area contributed by atoms with Crippen LogP contribution in [0.2, 0.25) is 0 Å². The first-order chi connectivity index (χ1) is 14.4. The first-order valence-electron chi connectivity index (χ1n) is 9.43. The third-order valence-electron chi connectivity index (χ3n) is 5.60. The summed E-state index contributed by atoms with van der Waals surface area (Å²) in [4.78, 5) is 52.5. The summed E-state index contributed by atoms with van der Waals surface area (Å²) in [7, 11) is 1.45. The fraction of sp³-hybridized carbons (Fsp3) is 0.0833.